The maximum Gasteiger partial charge on any atom is 0.0660 e. The molecule has 0 fully saturated rings. The molecule has 0 N–H and O–H groups in total. The molecule has 0 radical (unpaired) electrons. The number of ether oxygens (including phenoxy) is 1. The Labute approximate surface area is 148 Å². The van der Waals surface area contributed by atoms with Gasteiger partial charge in [-0.2, -0.15) is 0 Å². The minimum atomic E-state index is 0.489. The van der Waals surface area contributed by atoms with Crippen LogP contribution >= 0.6 is 22.6 Å². The minimum absolute atomic E-state index is 0.489. The number of alkyl halides is 1. The highest BCUT2D eigenvalue weighted by molar-refractivity contribution is 14.1. The van der Waals surface area contributed by atoms with Crippen molar-refractivity contribution in [3.63, 3.8) is 0 Å². The van der Waals surface area contributed by atoms with Gasteiger partial charge in [0.2, 0.25) is 0 Å². The largest absolute Gasteiger partial charge is 0.381 e. The number of rotatable bonds is 17. The molecule has 128 valence electrons. The number of hydrogen-bond donors (Lipinski definition) is 0. The van der Waals surface area contributed by atoms with Crippen molar-refractivity contribution in [2.75, 3.05) is 11.5 Å². The first-order valence-electron chi connectivity index (χ1n) is 9.43. The van der Waals surface area contributed by atoms with E-state index in [0.717, 1.165) is 4.43 Å². The molecule has 0 aliphatic carbocycles. The van der Waals surface area contributed by atoms with E-state index < -0.39 is 0 Å². The monoisotopic (exact) mass is 410 g/mol. The van der Waals surface area contributed by atoms with Gasteiger partial charge in [0.15, 0.2) is 0 Å². The van der Waals surface area contributed by atoms with Crippen molar-refractivity contribution in [3.8, 4) is 0 Å². The first-order valence-corrected chi connectivity index (χ1v) is 11.0. The number of hydrogen-bond acceptors (Lipinski definition) is 1. The summed E-state index contributed by atoms with van der Waals surface area (Å²) in [5.41, 5.74) is 0. The summed E-state index contributed by atoms with van der Waals surface area (Å²) in [6.07, 6.45) is 21.9. The van der Waals surface area contributed by atoms with Crippen molar-refractivity contribution >= 4 is 22.6 Å². The van der Waals surface area contributed by atoms with Crippen LogP contribution < -0.4 is 0 Å². The topological polar surface area (TPSA) is 9.23 Å². The summed E-state index contributed by atoms with van der Waals surface area (Å²) in [4.78, 5) is 0. The van der Waals surface area contributed by atoms with Crippen LogP contribution in [-0.2, 0) is 4.74 Å². The van der Waals surface area contributed by atoms with Crippen molar-refractivity contribution in [2.24, 2.45) is 0 Å². The summed E-state index contributed by atoms with van der Waals surface area (Å²) in [7, 11) is 1.84. The highest BCUT2D eigenvalue weighted by Gasteiger charge is 2.03. The van der Waals surface area contributed by atoms with Gasteiger partial charge in [-0.1, -0.05) is 119 Å². The molecule has 0 saturated heterocycles. The van der Waals surface area contributed by atoms with Gasteiger partial charge in [0, 0.05) is 11.5 Å². The Balaban J connectivity index is 3.02. The Hall–Kier alpha value is 0.690. The Morgan fingerprint density at radius 2 is 1.05 bits per heavy atom. The summed E-state index contributed by atoms with van der Waals surface area (Å²) >= 11 is 2.42. The average molecular weight is 410 g/mol. The first-order chi connectivity index (χ1) is 10.3. The number of unbranched alkanes of at least 4 members (excludes halogenated alkanes) is 13. The minimum Gasteiger partial charge on any atom is -0.381 e. The van der Waals surface area contributed by atoms with Crippen LogP contribution in [0.25, 0.3) is 0 Å². The fraction of sp³-hybridized carbons (Fsp3) is 1.00. The van der Waals surface area contributed by atoms with Crippen molar-refractivity contribution in [1.29, 1.82) is 0 Å². The number of halogens is 1. The van der Waals surface area contributed by atoms with Crippen LogP contribution in [0, 0.1) is 0 Å². The van der Waals surface area contributed by atoms with Gasteiger partial charge in [-0.15, -0.1) is 0 Å². The molecule has 0 aliphatic heterocycles. The van der Waals surface area contributed by atoms with Crippen LogP contribution in [0.5, 0.6) is 0 Å². The lowest BCUT2D eigenvalue weighted by molar-refractivity contribution is 0.114. The molecule has 0 bridgehead atoms. The molecule has 0 aromatic carbocycles. The van der Waals surface area contributed by atoms with Gasteiger partial charge in [0.1, 0.15) is 0 Å². The van der Waals surface area contributed by atoms with Crippen LogP contribution in [-0.4, -0.2) is 17.6 Å². The van der Waals surface area contributed by atoms with Gasteiger partial charge < -0.3 is 4.74 Å². The maximum absolute atomic E-state index is 5.41. The lowest BCUT2D eigenvalue weighted by atomic mass is 10.0. The molecule has 2 heteroatoms. The second-order valence-electron chi connectivity index (χ2n) is 6.40. The second-order valence-corrected chi connectivity index (χ2v) is 7.28. The summed E-state index contributed by atoms with van der Waals surface area (Å²) in [6, 6.07) is 0. The SMILES string of the molecule is CCCCCCCCCCCCCCCCC(CI)OC. The third-order valence-electron chi connectivity index (χ3n) is 4.39. The Bertz CT molecular complexity index is 180. The summed E-state index contributed by atoms with van der Waals surface area (Å²) < 4.78 is 6.54. The van der Waals surface area contributed by atoms with E-state index in [2.05, 4.69) is 29.5 Å². The molecule has 0 aliphatic rings. The third-order valence-corrected chi connectivity index (χ3v) is 5.37. The normalized spacial score (nSPS) is 12.7. The van der Waals surface area contributed by atoms with E-state index in [1.165, 1.54) is 96.3 Å². The zero-order chi connectivity index (χ0) is 15.6. The number of methoxy groups -OCH3 is 1. The second kappa shape index (κ2) is 18.7. The predicted octanol–water partition coefficient (Wildman–Crippen LogP) is 7.31. The summed E-state index contributed by atoms with van der Waals surface area (Å²) in [5, 5.41) is 0. The quantitative estimate of drug-likeness (QED) is 0.139. The van der Waals surface area contributed by atoms with Gasteiger partial charge in [0.25, 0.3) is 0 Å². The highest BCUT2D eigenvalue weighted by Crippen LogP contribution is 2.14. The van der Waals surface area contributed by atoms with E-state index in [1.807, 2.05) is 7.11 Å². The molecule has 1 atom stereocenters. The molecule has 0 aromatic rings. The Morgan fingerprint density at radius 1 is 0.667 bits per heavy atom. The summed E-state index contributed by atoms with van der Waals surface area (Å²) in [6.45, 7) is 2.29. The Kier molecular flexibility index (Phi) is 19.4. The van der Waals surface area contributed by atoms with Gasteiger partial charge in [-0.25, -0.2) is 0 Å². The van der Waals surface area contributed by atoms with E-state index in [9.17, 15) is 0 Å². The average Bonchev–Trinajstić information content (AvgIpc) is 2.51. The smallest absolute Gasteiger partial charge is 0.0660 e. The standard InChI is InChI=1S/C19H39IO/c1-3-4-5-6-7-8-9-10-11-12-13-14-15-16-17-19(18-20)21-2/h19H,3-18H2,1-2H3. The van der Waals surface area contributed by atoms with Crippen LogP contribution in [0.15, 0.2) is 0 Å². The van der Waals surface area contributed by atoms with Crippen LogP contribution in [0.3, 0.4) is 0 Å². The van der Waals surface area contributed by atoms with Crippen LogP contribution in [0.4, 0.5) is 0 Å². The van der Waals surface area contributed by atoms with E-state index in [0.29, 0.717) is 6.10 Å². The van der Waals surface area contributed by atoms with Crippen molar-refractivity contribution in [3.05, 3.63) is 0 Å². The van der Waals surface area contributed by atoms with Crippen molar-refractivity contribution < 1.29 is 4.74 Å². The van der Waals surface area contributed by atoms with Crippen LogP contribution in [0.2, 0.25) is 0 Å². The van der Waals surface area contributed by atoms with Crippen molar-refractivity contribution in [2.45, 2.75) is 109 Å². The molecule has 0 heterocycles. The molecule has 0 saturated carbocycles. The zero-order valence-electron chi connectivity index (χ0n) is 14.7. The maximum atomic E-state index is 5.41. The fourth-order valence-corrected chi connectivity index (χ4v) is 3.62. The lowest BCUT2D eigenvalue weighted by Crippen LogP contribution is -2.11. The summed E-state index contributed by atoms with van der Waals surface area (Å²) in [5.74, 6) is 0. The molecule has 0 rings (SSSR count). The highest BCUT2D eigenvalue weighted by atomic mass is 127. The molecule has 1 nitrogen and oxygen atoms in total. The van der Waals surface area contributed by atoms with Gasteiger partial charge in [0.05, 0.1) is 6.10 Å². The lowest BCUT2D eigenvalue weighted by Gasteiger charge is -2.11. The molecule has 1 unspecified atom stereocenters. The zero-order valence-corrected chi connectivity index (χ0v) is 16.8. The molecule has 0 spiro atoms. The van der Waals surface area contributed by atoms with Gasteiger partial charge in [-0.3, -0.25) is 0 Å². The molecule has 21 heavy (non-hydrogen) atoms. The van der Waals surface area contributed by atoms with E-state index >= 15 is 0 Å². The molecule has 0 amide bonds. The van der Waals surface area contributed by atoms with E-state index in [1.54, 1.807) is 0 Å². The fourth-order valence-electron chi connectivity index (χ4n) is 2.82. The molecular weight excluding hydrogens is 371 g/mol. The van der Waals surface area contributed by atoms with E-state index in [4.69, 9.17) is 4.74 Å². The van der Waals surface area contributed by atoms with Gasteiger partial charge >= 0.3 is 0 Å². The van der Waals surface area contributed by atoms with Gasteiger partial charge in [-0.05, 0) is 6.42 Å². The first kappa shape index (κ1) is 21.7. The molecular formula is C19H39IO. The molecule has 0 aromatic heterocycles. The van der Waals surface area contributed by atoms with Crippen LogP contribution in [0.1, 0.15) is 103 Å². The van der Waals surface area contributed by atoms with E-state index in [-0.39, 0.29) is 0 Å². The predicted molar refractivity (Wildman–Crippen MR) is 105 cm³/mol. The van der Waals surface area contributed by atoms with Crippen molar-refractivity contribution in [1.82, 2.24) is 0 Å². The Morgan fingerprint density at radius 3 is 1.38 bits per heavy atom. The third kappa shape index (κ3) is 16.9.